The van der Waals surface area contributed by atoms with E-state index in [-0.39, 0.29) is 0 Å². The van der Waals surface area contributed by atoms with Crippen LogP contribution < -0.4 is 10.1 Å². The Labute approximate surface area is 117 Å². The normalized spacial score (nSPS) is 19.5. The molecule has 1 N–H and O–H groups in total. The number of methoxy groups -OCH3 is 1. The highest BCUT2D eigenvalue weighted by Gasteiger charge is 2.15. The smallest absolute Gasteiger partial charge is 0.119 e. The van der Waals surface area contributed by atoms with Crippen molar-refractivity contribution in [1.82, 2.24) is 5.32 Å². The van der Waals surface area contributed by atoms with Gasteiger partial charge in [0.05, 0.1) is 7.11 Å². The number of nitrogens with one attached hydrogen (secondary N) is 1. The first-order valence-corrected chi connectivity index (χ1v) is 7.69. The number of ether oxygens (including phenoxy) is 1. The monoisotopic (exact) mass is 261 g/mol. The summed E-state index contributed by atoms with van der Waals surface area (Å²) in [6, 6.07) is 9.49. The second-order valence-corrected chi connectivity index (χ2v) is 5.71. The molecule has 0 amide bonds. The lowest BCUT2D eigenvalue weighted by Gasteiger charge is -2.25. The van der Waals surface area contributed by atoms with Crippen molar-refractivity contribution in [3.8, 4) is 5.75 Å². The number of hydrogen-bond donors (Lipinski definition) is 1. The van der Waals surface area contributed by atoms with Crippen molar-refractivity contribution in [2.75, 3.05) is 7.11 Å². The molecule has 1 aromatic carbocycles. The molecule has 0 bridgehead atoms. The molecule has 0 unspecified atom stereocenters. The van der Waals surface area contributed by atoms with Gasteiger partial charge >= 0.3 is 0 Å². The molecule has 0 aliphatic heterocycles. The quantitative estimate of drug-likeness (QED) is 0.864. The summed E-state index contributed by atoms with van der Waals surface area (Å²) in [6.07, 6.45) is 9.66. The van der Waals surface area contributed by atoms with Crippen LogP contribution in [0.1, 0.15) is 63.5 Å². The van der Waals surface area contributed by atoms with E-state index in [4.69, 9.17) is 4.74 Å². The molecule has 1 aromatic rings. The second-order valence-electron chi connectivity index (χ2n) is 5.71. The van der Waals surface area contributed by atoms with Crippen LogP contribution in [0.15, 0.2) is 24.3 Å². The first-order chi connectivity index (χ1) is 9.29. The summed E-state index contributed by atoms with van der Waals surface area (Å²) < 4.78 is 5.30. The molecule has 1 saturated carbocycles. The molecule has 1 fully saturated rings. The third kappa shape index (κ3) is 4.54. The van der Waals surface area contributed by atoms with Gasteiger partial charge in [0.15, 0.2) is 0 Å². The van der Waals surface area contributed by atoms with Crippen molar-refractivity contribution in [2.45, 2.75) is 64.0 Å². The highest BCUT2D eigenvalue weighted by molar-refractivity contribution is 5.30. The van der Waals surface area contributed by atoms with Crippen LogP contribution >= 0.6 is 0 Å². The lowest BCUT2D eigenvalue weighted by atomic mass is 9.95. The zero-order valence-electron chi connectivity index (χ0n) is 12.3. The molecule has 19 heavy (non-hydrogen) atoms. The van der Waals surface area contributed by atoms with Crippen LogP contribution in [0, 0.1) is 0 Å². The fraction of sp³-hybridized carbons (Fsp3) is 0.647. The summed E-state index contributed by atoms with van der Waals surface area (Å²) in [5.41, 5.74) is 1.32. The molecule has 0 heterocycles. The van der Waals surface area contributed by atoms with Crippen molar-refractivity contribution in [2.24, 2.45) is 0 Å². The maximum absolute atomic E-state index is 5.30. The van der Waals surface area contributed by atoms with E-state index >= 15 is 0 Å². The average molecular weight is 261 g/mol. The lowest BCUT2D eigenvalue weighted by molar-refractivity contribution is 0.361. The van der Waals surface area contributed by atoms with Gasteiger partial charge in [-0.2, -0.15) is 0 Å². The minimum atomic E-state index is 0.402. The van der Waals surface area contributed by atoms with Gasteiger partial charge in [0.1, 0.15) is 5.75 Å². The molecular weight excluding hydrogens is 234 g/mol. The van der Waals surface area contributed by atoms with Gasteiger partial charge in [-0.1, -0.05) is 44.2 Å². The Hall–Kier alpha value is -1.02. The second kappa shape index (κ2) is 7.54. The van der Waals surface area contributed by atoms with E-state index in [1.165, 1.54) is 50.5 Å². The predicted molar refractivity (Wildman–Crippen MR) is 80.7 cm³/mol. The zero-order valence-corrected chi connectivity index (χ0v) is 12.3. The molecule has 1 atom stereocenters. The summed E-state index contributed by atoms with van der Waals surface area (Å²) in [4.78, 5) is 0. The molecule has 2 heteroatoms. The molecule has 1 aliphatic carbocycles. The summed E-state index contributed by atoms with van der Waals surface area (Å²) in [5, 5.41) is 3.80. The van der Waals surface area contributed by atoms with Gasteiger partial charge in [-0.3, -0.25) is 0 Å². The van der Waals surface area contributed by atoms with Crippen LogP contribution in [0.4, 0.5) is 0 Å². The van der Waals surface area contributed by atoms with Gasteiger partial charge in [0.2, 0.25) is 0 Å². The number of benzene rings is 1. The van der Waals surface area contributed by atoms with Gasteiger partial charge in [-0.05, 0) is 37.5 Å². The topological polar surface area (TPSA) is 21.3 Å². The fourth-order valence-electron chi connectivity index (χ4n) is 2.98. The van der Waals surface area contributed by atoms with E-state index in [1.54, 1.807) is 7.11 Å². The van der Waals surface area contributed by atoms with Gasteiger partial charge < -0.3 is 10.1 Å². The summed E-state index contributed by atoms with van der Waals surface area (Å²) in [7, 11) is 1.73. The van der Waals surface area contributed by atoms with E-state index in [0.717, 1.165) is 5.75 Å². The standard InChI is InChI=1S/C17H27NO/c1-14(15-9-8-12-17(13-15)19-2)18-16-10-6-4-3-5-7-11-16/h8-9,12-14,16,18H,3-7,10-11H2,1-2H3/t14-/m0/s1. The average Bonchev–Trinajstić information content (AvgIpc) is 2.41. The third-order valence-corrected chi connectivity index (χ3v) is 4.18. The van der Waals surface area contributed by atoms with Crippen molar-refractivity contribution in [3.05, 3.63) is 29.8 Å². The van der Waals surface area contributed by atoms with Crippen LogP contribution in [0.25, 0.3) is 0 Å². The van der Waals surface area contributed by atoms with Crippen molar-refractivity contribution < 1.29 is 4.74 Å². The summed E-state index contributed by atoms with van der Waals surface area (Å²) in [5.74, 6) is 0.948. The van der Waals surface area contributed by atoms with Crippen LogP contribution in [0.2, 0.25) is 0 Å². The Kier molecular flexibility index (Phi) is 5.71. The molecule has 106 valence electrons. The minimum Gasteiger partial charge on any atom is -0.497 e. The van der Waals surface area contributed by atoms with Crippen molar-refractivity contribution in [1.29, 1.82) is 0 Å². The van der Waals surface area contributed by atoms with E-state index in [2.05, 4.69) is 30.4 Å². The summed E-state index contributed by atoms with van der Waals surface area (Å²) in [6.45, 7) is 2.26. The first kappa shape index (κ1) is 14.4. The largest absolute Gasteiger partial charge is 0.497 e. The fourth-order valence-corrected chi connectivity index (χ4v) is 2.98. The van der Waals surface area contributed by atoms with Crippen LogP contribution in [-0.2, 0) is 0 Å². The maximum Gasteiger partial charge on any atom is 0.119 e. The highest BCUT2D eigenvalue weighted by Crippen LogP contribution is 2.22. The number of rotatable bonds is 4. The molecule has 1 aliphatic rings. The van der Waals surface area contributed by atoms with Gasteiger partial charge in [0.25, 0.3) is 0 Å². The van der Waals surface area contributed by atoms with Crippen LogP contribution in [0.5, 0.6) is 5.75 Å². The van der Waals surface area contributed by atoms with Crippen molar-refractivity contribution in [3.63, 3.8) is 0 Å². The van der Waals surface area contributed by atoms with Crippen LogP contribution in [0.3, 0.4) is 0 Å². The SMILES string of the molecule is COc1cccc([C@H](C)NC2CCCCCCC2)c1. The highest BCUT2D eigenvalue weighted by atomic mass is 16.5. The van der Waals surface area contributed by atoms with Gasteiger partial charge in [-0.25, -0.2) is 0 Å². The minimum absolute atomic E-state index is 0.402. The Balaban J connectivity index is 1.92. The molecule has 2 nitrogen and oxygen atoms in total. The lowest BCUT2D eigenvalue weighted by Crippen LogP contribution is -2.32. The van der Waals surface area contributed by atoms with Gasteiger partial charge in [-0.15, -0.1) is 0 Å². The molecular formula is C17H27NO. The Morgan fingerprint density at radius 2 is 1.79 bits per heavy atom. The summed E-state index contributed by atoms with van der Waals surface area (Å²) >= 11 is 0. The zero-order chi connectivity index (χ0) is 13.5. The van der Waals surface area contributed by atoms with Crippen molar-refractivity contribution >= 4 is 0 Å². The van der Waals surface area contributed by atoms with E-state index in [0.29, 0.717) is 12.1 Å². The third-order valence-electron chi connectivity index (χ3n) is 4.18. The van der Waals surface area contributed by atoms with Crippen LogP contribution in [-0.4, -0.2) is 13.2 Å². The predicted octanol–water partition coefficient (Wildman–Crippen LogP) is 4.46. The Morgan fingerprint density at radius 3 is 2.47 bits per heavy atom. The van der Waals surface area contributed by atoms with E-state index in [1.807, 2.05) is 6.07 Å². The maximum atomic E-state index is 5.30. The number of hydrogen-bond acceptors (Lipinski definition) is 2. The van der Waals surface area contributed by atoms with E-state index in [9.17, 15) is 0 Å². The molecule has 0 aromatic heterocycles. The molecule has 0 saturated heterocycles. The Bertz CT molecular complexity index is 369. The first-order valence-electron chi connectivity index (χ1n) is 7.69. The van der Waals surface area contributed by atoms with Gasteiger partial charge in [0, 0.05) is 12.1 Å². The Morgan fingerprint density at radius 1 is 1.11 bits per heavy atom. The van der Waals surface area contributed by atoms with E-state index < -0.39 is 0 Å². The molecule has 0 radical (unpaired) electrons. The molecule has 0 spiro atoms. The molecule has 2 rings (SSSR count).